The molecule has 0 spiro atoms. The van der Waals surface area contributed by atoms with E-state index in [0.717, 1.165) is 5.56 Å². The Morgan fingerprint density at radius 1 is 1.03 bits per heavy atom. The highest BCUT2D eigenvalue weighted by molar-refractivity contribution is 6.02. The van der Waals surface area contributed by atoms with Gasteiger partial charge in [0.1, 0.15) is 12.2 Å². The SMILES string of the molecule is CC(C)c1ccc([C@H](C)NC(=O)Cn2cc(NC(=O)c3ccccn3)cn2)cc1. The molecule has 29 heavy (non-hydrogen) atoms. The summed E-state index contributed by atoms with van der Waals surface area (Å²) in [5.41, 5.74) is 3.14. The molecular formula is C22H25N5O2. The van der Waals surface area contributed by atoms with Crippen LogP contribution in [-0.4, -0.2) is 26.6 Å². The second kappa shape index (κ2) is 9.14. The Hall–Kier alpha value is -3.48. The third-order valence-corrected chi connectivity index (χ3v) is 4.57. The fraction of sp³-hybridized carbons (Fsp3) is 0.273. The minimum atomic E-state index is -0.326. The van der Waals surface area contributed by atoms with Gasteiger partial charge in [-0.05, 0) is 36.1 Å². The zero-order valence-electron chi connectivity index (χ0n) is 16.8. The number of amides is 2. The largest absolute Gasteiger partial charge is 0.348 e. The first-order valence-corrected chi connectivity index (χ1v) is 9.56. The minimum Gasteiger partial charge on any atom is -0.348 e. The van der Waals surface area contributed by atoms with Gasteiger partial charge in [0.15, 0.2) is 0 Å². The molecule has 0 aliphatic carbocycles. The van der Waals surface area contributed by atoms with Gasteiger partial charge in [-0.2, -0.15) is 5.10 Å². The van der Waals surface area contributed by atoms with E-state index in [0.29, 0.717) is 17.3 Å². The maximum atomic E-state index is 12.4. The smallest absolute Gasteiger partial charge is 0.274 e. The summed E-state index contributed by atoms with van der Waals surface area (Å²) in [5, 5.41) is 9.82. The molecule has 7 nitrogen and oxygen atoms in total. The number of hydrogen-bond acceptors (Lipinski definition) is 4. The fourth-order valence-corrected chi connectivity index (χ4v) is 2.89. The third-order valence-electron chi connectivity index (χ3n) is 4.57. The van der Waals surface area contributed by atoms with Gasteiger partial charge in [-0.25, -0.2) is 0 Å². The molecule has 2 N–H and O–H groups in total. The van der Waals surface area contributed by atoms with E-state index in [9.17, 15) is 9.59 Å². The molecule has 0 saturated heterocycles. The molecule has 7 heteroatoms. The molecule has 3 rings (SSSR count). The first-order valence-electron chi connectivity index (χ1n) is 9.56. The van der Waals surface area contributed by atoms with Gasteiger partial charge in [0, 0.05) is 12.4 Å². The maximum absolute atomic E-state index is 12.4. The summed E-state index contributed by atoms with van der Waals surface area (Å²) in [5.74, 6) is -0.00896. The molecule has 0 unspecified atom stereocenters. The van der Waals surface area contributed by atoms with E-state index in [2.05, 4.69) is 46.7 Å². The first kappa shape index (κ1) is 20.3. The standard InChI is InChI=1S/C22H25N5O2/c1-15(2)17-7-9-18(10-8-17)16(3)25-21(28)14-27-13-19(12-24-27)26-22(29)20-6-4-5-11-23-20/h4-13,15-16H,14H2,1-3H3,(H,25,28)(H,26,29)/t16-/m0/s1. The predicted molar refractivity (Wildman–Crippen MR) is 112 cm³/mol. The highest BCUT2D eigenvalue weighted by Crippen LogP contribution is 2.18. The van der Waals surface area contributed by atoms with E-state index in [4.69, 9.17) is 0 Å². The Morgan fingerprint density at radius 3 is 2.41 bits per heavy atom. The lowest BCUT2D eigenvalue weighted by molar-refractivity contribution is -0.122. The summed E-state index contributed by atoms with van der Waals surface area (Å²) in [4.78, 5) is 28.5. The quantitative estimate of drug-likeness (QED) is 0.645. The average molecular weight is 391 g/mol. The molecule has 0 saturated carbocycles. The van der Waals surface area contributed by atoms with Crippen LogP contribution in [-0.2, 0) is 11.3 Å². The van der Waals surface area contributed by atoms with Crippen molar-refractivity contribution >= 4 is 17.5 Å². The van der Waals surface area contributed by atoms with E-state index < -0.39 is 0 Å². The number of rotatable bonds is 7. The van der Waals surface area contributed by atoms with E-state index in [1.165, 1.54) is 16.4 Å². The van der Waals surface area contributed by atoms with Crippen molar-refractivity contribution in [1.82, 2.24) is 20.1 Å². The molecule has 0 radical (unpaired) electrons. The van der Waals surface area contributed by atoms with E-state index in [-0.39, 0.29) is 24.4 Å². The predicted octanol–water partition coefficient (Wildman–Crippen LogP) is 3.53. The minimum absolute atomic E-state index is 0.0634. The molecule has 0 aliphatic heterocycles. The van der Waals surface area contributed by atoms with Crippen molar-refractivity contribution in [3.8, 4) is 0 Å². The van der Waals surface area contributed by atoms with Crippen LogP contribution in [0.25, 0.3) is 0 Å². The average Bonchev–Trinajstić information content (AvgIpc) is 3.15. The molecule has 1 aromatic carbocycles. The third kappa shape index (κ3) is 5.51. The van der Waals surface area contributed by atoms with Crippen molar-refractivity contribution < 1.29 is 9.59 Å². The molecule has 1 atom stereocenters. The van der Waals surface area contributed by atoms with Crippen molar-refractivity contribution in [2.45, 2.75) is 39.3 Å². The molecule has 2 heterocycles. The topological polar surface area (TPSA) is 88.9 Å². The lowest BCUT2D eigenvalue weighted by Gasteiger charge is -2.15. The van der Waals surface area contributed by atoms with Crippen molar-refractivity contribution in [3.05, 3.63) is 77.9 Å². The second-order valence-electron chi connectivity index (χ2n) is 7.21. The molecule has 0 fully saturated rings. The van der Waals surface area contributed by atoms with Crippen molar-refractivity contribution in [3.63, 3.8) is 0 Å². The second-order valence-corrected chi connectivity index (χ2v) is 7.21. The molecule has 150 valence electrons. The van der Waals surface area contributed by atoms with Gasteiger partial charge in [-0.15, -0.1) is 0 Å². The zero-order chi connectivity index (χ0) is 20.8. The van der Waals surface area contributed by atoms with E-state index in [1.54, 1.807) is 30.6 Å². The molecule has 0 bridgehead atoms. The Kier molecular flexibility index (Phi) is 6.39. The number of nitrogens with one attached hydrogen (secondary N) is 2. The highest BCUT2D eigenvalue weighted by Gasteiger charge is 2.12. The lowest BCUT2D eigenvalue weighted by atomic mass is 9.99. The Balaban J connectivity index is 1.53. The van der Waals surface area contributed by atoms with Crippen molar-refractivity contribution in [2.24, 2.45) is 0 Å². The highest BCUT2D eigenvalue weighted by atomic mass is 16.2. The van der Waals surface area contributed by atoms with Gasteiger partial charge < -0.3 is 10.6 Å². The van der Waals surface area contributed by atoms with Gasteiger partial charge in [0.05, 0.1) is 17.9 Å². The summed E-state index contributed by atoms with van der Waals surface area (Å²) < 4.78 is 1.48. The molecule has 2 amide bonds. The number of pyridine rings is 1. The molecular weight excluding hydrogens is 366 g/mol. The first-order chi connectivity index (χ1) is 13.9. The van der Waals surface area contributed by atoms with Crippen LogP contribution in [0.15, 0.2) is 61.1 Å². The molecule has 3 aromatic rings. The van der Waals surface area contributed by atoms with Crippen LogP contribution >= 0.6 is 0 Å². The lowest BCUT2D eigenvalue weighted by Crippen LogP contribution is -2.30. The Morgan fingerprint density at radius 2 is 1.76 bits per heavy atom. The van der Waals surface area contributed by atoms with Gasteiger partial charge in [-0.3, -0.25) is 19.3 Å². The number of nitrogens with zero attached hydrogens (tertiary/aromatic N) is 3. The number of carbonyl (C=O) groups is 2. The van der Waals surface area contributed by atoms with Gasteiger partial charge in [0.2, 0.25) is 5.91 Å². The molecule has 2 aromatic heterocycles. The normalized spacial score (nSPS) is 11.9. The van der Waals surface area contributed by atoms with Crippen LogP contribution in [0.5, 0.6) is 0 Å². The monoisotopic (exact) mass is 391 g/mol. The summed E-state index contributed by atoms with van der Waals surface area (Å²) in [6.45, 7) is 6.31. The van der Waals surface area contributed by atoms with Crippen LogP contribution < -0.4 is 10.6 Å². The number of carbonyl (C=O) groups excluding carboxylic acids is 2. The summed E-state index contributed by atoms with van der Waals surface area (Å²) >= 11 is 0. The van der Waals surface area contributed by atoms with Crippen LogP contribution in [0.2, 0.25) is 0 Å². The summed E-state index contributed by atoms with van der Waals surface area (Å²) in [6, 6.07) is 13.3. The van der Waals surface area contributed by atoms with Gasteiger partial charge in [-0.1, -0.05) is 44.2 Å². The summed E-state index contributed by atoms with van der Waals surface area (Å²) in [7, 11) is 0. The van der Waals surface area contributed by atoms with E-state index >= 15 is 0 Å². The van der Waals surface area contributed by atoms with Crippen LogP contribution in [0.3, 0.4) is 0 Å². The van der Waals surface area contributed by atoms with Crippen LogP contribution in [0.1, 0.15) is 54.3 Å². The number of hydrogen-bond donors (Lipinski definition) is 2. The van der Waals surface area contributed by atoms with Gasteiger partial charge in [0.25, 0.3) is 5.91 Å². The Bertz CT molecular complexity index is 964. The van der Waals surface area contributed by atoms with Crippen molar-refractivity contribution in [1.29, 1.82) is 0 Å². The zero-order valence-corrected chi connectivity index (χ0v) is 16.8. The summed E-state index contributed by atoms with van der Waals surface area (Å²) in [6.07, 6.45) is 4.67. The van der Waals surface area contributed by atoms with Gasteiger partial charge >= 0.3 is 0 Å². The van der Waals surface area contributed by atoms with Crippen molar-refractivity contribution in [2.75, 3.05) is 5.32 Å². The maximum Gasteiger partial charge on any atom is 0.274 e. The Labute approximate surface area is 170 Å². The number of anilines is 1. The van der Waals surface area contributed by atoms with Crippen LogP contribution in [0, 0.1) is 0 Å². The van der Waals surface area contributed by atoms with E-state index in [1.807, 2.05) is 19.1 Å². The number of aromatic nitrogens is 3. The number of benzene rings is 1. The fourth-order valence-electron chi connectivity index (χ4n) is 2.89. The molecule has 0 aliphatic rings. The van der Waals surface area contributed by atoms with Crippen LogP contribution in [0.4, 0.5) is 5.69 Å².